The summed E-state index contributed by atoms with van der Waals surface area (Å²) in [5.41, 5.74) is 14.6. The average molecular weight is 891 g/mol. The number of fused-ring (bicyclic) bond motifs is 10. The quantitative estimate of drug-likeness (QED) is 0.145. The minimum atomic E-state index is 0.899. The van der Waals surface area contributed by atoms with Gasteiger partial charge in [-0.25, -0.2) is 0 Å². The molecule has 0 unspecified atom stereocenters. The van der Waals surface area contributed by atoms with Crippen molar-refractivity contribution in [1.82, 2.24) is 4.57 Å². The lowest BCUT2D eigenvalue weighted by Crippen LogP contribution is -2.18. The molecule has 0 spiro atoms. The minimum absolute atomic E-state index is 0.899. The first-order valence-electron chi connectivity index (χ1n) is 24.4. The molecule has 14 rings (SSSR count). The number of anilines is 2. The van der Waals surface area contributed by atoms with E-state index in [1.165, 1.54) is 115 Å². The van der Waals surface area contributed by atoms with Crippen LogP contribution in [0.2, 0.25) is 0 Å². The molecule has 70 heavy (non-hydrogen) atoms. The molecule has 0 saturated carbocycles. The van der Waals surface area contributed by atoms with E-state index in [1.807, 2.05) is 0 Å². The lowest BCUT2D eigenvalue weighted by Gasteiger charge is -2.30. The first kappa shape index (κ1) is 40.1. The summed E-state index contributed by atoms with van der Waals surface area (Å²) in [6.07, 6.45) is 6.56. The van der Waals surface area contributed by atoms with Gasteiger partial charge in [-0.1, -0.05) is 182 Å². The summed E-state index contributed by atoms with van der Waals surface area (Å²) in [5, 5.41) is 15.2. The Morgan fingerprint density at radius 2 is 0.957 bits per heavy atom. The van der Waals surface area contributed by atoms with Crippen molar-refractivity contribution in [3.63, 3.8) is 0 Å². The number of para-hydroxylation sites is 1. The Balaban J connectivity index is 0.917. The van der Waals surface area contributed by atoms with Crippen molar-refractivity contribution >= 4 is 92.6 Å². The number of rotatable bonds is 7. The summed E-state index contributed by atoms with van der Waals surface area (Å²) in [4.78, 5) is 2.49. The summed E-state index contributed by atoms with van der Waals surface area (Å²) >= 11 is 0. The highest BCUT2D eigenvalue weighted by atomic mass is 15.1. The fourth-order valence-electron chi connectivity index (χ4n) is 11.5. The number of hydrogen-bond donors (Lipinski definition) is 0. The molecule has 0 bridgehead atoms. The molecule has 12 aromatic carbocycles. The molecule has 0 radical (unpaired) electrons. The molecule has 1 heterocycles. The van der Waals surface area contributed by atoms with E-state index in [1.54, 1.807) is 0 Å². The highest BCUT2D eigenvalue weighted by Gasteiger charge is 2.22. The molecule has 0 atom stereocenters. The van der Waals surface area contributed by atoms with Crippen LogP contribution in [0.5, 0.6) is 0 Å². The molecule has 0 amide bonds. The molecule has 0 fully saturated rings. The first-order chi connectivity index (χ1) is 34.7. The van der Waals surface area contributed by atoms with Crippen LogP contribution < -0.4 is 4.90 Å². The van der Waals surface area contributed by atoms with Gasteiger partial charge in [0.25, 0.3) is 0 Å². The van der Waals surface area contributed by atoms with Crippen LogP contribution in [0.4, 0.5) is 11.4 Å². The Bertz CT molecular complexity index is 4280. The summed E-state index contributed by atoms with van der Waals surface area (Å²) in [6, 6.07) is 89.7. The van der Waals surface area contributed by atoms with Gasteiger partial charge in [0.1, 0.15) is 0 Å². The molecule has 0 aliphatic heterocycles. The van der Waals surface area contributed by atoms with Crippen molar-refractivity contribution in [3.05, 3.63) is 266 Å². The Morgan fingerprint density at radius 3 is 1.76 bits per heavy atom. The molecule has 1 aliphatic carbocycles. The normalized spacial score (nSPS) is 12.9. The SMILES string of the molecule is C1=C(c2ccc3c(ccc4ccccc43)c2)CCC(N(c2ccc(-c3cc4ccccc4c4ccccc34)cc2)c2cccc(-c3cccc4c3c3cc5ccccc5cc3n4-c3ccccc3)c2)=C1. The molecule has 2 heteroatoms. The van der Waals surface area contributed by atoms with Crippen molar-refractivity contribution in [2.45, 2.75) is 12.8 Å². The van der Waals surface area contributed by atoms with E-state index in [0.717, 1.165) is 29.9 Å². The number of hydrogen-bond acceptors (Lipinski definition) is 1. The van der Waals surface area contributed by atoms with Gasteiger partial charge in [-0.3, -0.25) is 0 Å². The maximum Gasteiger partial charge on any atom is 0.0547 e. The molecule has 1 aliphatic rings. The topological polar surface area (TPSA) is 8.17 Å². The maximum atomic E-state index is 2.49. The van der Waals surface area contributed by atoms with Crippen molar-refractivity contribution in [2.75, 3.05) is 4.90 Å². The minimum Gasteiger partial charge on any atom is -0.314 e. The maximum absolute atomic E-state index is 2.49. The Labute approximate surface area is 406 Å². The third-order valence-electron chi connectivity index (χ3n) is 14.8. The number of benzene rings is 12. The average Bonchev–Trinajstić information content (AvgIpc) is 3.76. The van der Waals surface area contributed by atoms with Crippen LogP contribution in [-0.2, 0) is 0 Å². The summed E-state index contributed by atoms with van der Waals surface area (Å²) in [6.45, 7) is 0. The summed E-state index contributed by atoms with van der Waals surface area (Å²) in [5.74, 6) is 0. The zero-order valence-electron chi connectivity index (χ0n) is 38.6. The fourth-order valence-corrected chi connectivity index (χ4v) is 11.5. The second-order valence-electron chi connectivity index (χ2n) is 18.8. The van der Waals surface area contributed by atoms with Crippen LogP contribution in [0, 0.1) is 0 Å². The van der Waals surface area contributed by atoms with Gasteiger partial charge in [0, 0.05) is 33.5 Å². The number of nitrogens with zero attached hydrogens (tertiary/aromatic N) is 2. The van der Waals surface area contributed by atoms with Crippen LogP contribution in [0.15, 0.2) is 261 Å². The molecule has 13 aromatic rings. The lowest BCUT2D eigenvalue weighted by atomic mass is 9.92. The molecular formula is C68H46N2. The molecule has 328 valence electrons. The van der Waals surface area contributed by atoms with Crippen molar-refractivity contribution in [3.8, 4) is 27.9 Å². The number of aromatic nitrogens is 1. The smallest absolute Gasteiger partial charge is 0.0547 e. The summed E-state index contributed by atoms with van der Waals surface area (Å²) in [7, 11) is 0. The Hall–Kier alpha value is -8.98. The fraction of sp³-hybridized carbons (Fsp3) is 0.0294. The van der Waals surface area contributed by atoms with Crippen molar-refractivity contribution < 1.29 is 0 Å². The van der Waals surface area contributed by atoms with Gasteiger partial charge >= 0.3 is 0 Å². The van der Waals surface area contributed by atoms with Crippen molar-refractivity contribution in [1.29, 1.82) is 0 Å². The van der Waals surface area contributed by atoms with E-state index >= 15 is 0 Å². The van der Waals surface area contributed by atoms with Gasteiger partial charge in [0.05, 0.1) is 11.0 Å². The monoisotopic (exact) mass is 890 g/mol. The van der Waals surface area contributed by atoms with Crippen LogP contribution in [-0.4, -0.2) is 4.57 Å². The standard InChI is InChI=1S/C68H46N2/c1-2-19-54(20-3-1)70-66-27-13-26-61(68(66)65-42-48-15-4-5-16-49(48)44-67(65)70)51-18-12-21-57(41-51)69(55-35-30-45(31-36-55)50-34-39-60-53(40-50)29-28-46-14-6-8-22-58(46)60)56-37-32-47(33-38-56)64-43-52-17-7-9-23-59(52)62-24-10-11-25-63(62)64/h1-30,32-35,37-44H,31,36H2. The van der Waals surface area contributed by atoms with E-state index < -0.39 is 0 Å². The van der Waals surface area contributed by atoms with Gasteiger partial charge in [-0.15, -0.1) is 0 Å². The van der Waals surface area contributed by atoms with E-state index in [4.69, 9.17) is 0 Å². The van der Waals surface area contributed by atoms with Crippen LogP contribution in [0.3, 0.4) is 0 Å². The second-order valence-corrected chi connectivity index (χ2v) is 18.8. The van der Waals surface area contributed by atoms with Crippen molar-refractivity contribution in [2.24, 2.45) is 0 Å². The molecule has 1 aromatic heterocycles. The molecule has 2 nitrogen and oxygen atoms in total. The highest BCUT2D eigenvalue weighted by Crippen LogP contribution is 2.44. The zero-order chi connectivity index (χ0) is 46.1. The van der Waals surface area contributed by atoms with Crippen LogP contribution >= 0.6 is 0 Å². The van der Waals surface area contributed by atoms with Gasteiger partial charge in [0.15, 0.2) is 0 Å². The Morgan fingerprint density at radius 1 is 0.314 bits per heavy atom. The first-order valence-corrected chi connectivity index (χ1v) is 24.4. The third kappa shape index (κ3) is 6.64. The van der Waals surface area contributed by atoms with E-state index in [2.05, 4.69) is 264 Å². The molecule has 0 N–H and O–H groups in total. The predicted molar refractivity (Wildman–Crippen MR) is 300 cm³/mol. The molecule has 0 saturated heterocycles. The second kappa shape index (κ2) is 16.4. The predicted octanol–water partition coefficient (Wildman–Crippen LogP) is 18.8. The Kier molecular flexibility index (Phi) is 9.38. The third-order valence-corrected chi connectivity index (χ3v) is 14.8. The number of allylic oxidation sites excluding steroid dienone is 4. The largest absolute Gasteiger partial charge is 0.314 e. The highest BCUT2D eigenvalue weighted by molar-refractivity contribution is 6.19. The van der Waals surface area contributed by atoms with E-state index in [0.29, 0.717) is 0 Å². The van der Waals surface area contributed by atoms with Crippen LogP contribution in [0.25, 0.3) is 109 Å². The van der Waals surface area contributed by atoms with Gasteiger partial charge in [0.2, 0.25) is 0 Å². The van der Waals surface area contributed by atoms with Gasteiger partial charge in [-0.05, 0) is 173 Å². The van der Waals surface area contributed by atoms with E-state index in [-0.39, 0.29) is 0 Å². The van der Waals surface area contributed by atoms with E-state index in [9.17, 15) is 0 Å². The zero-order valence-corrected chi connectivity index (χ0v) is 38.6. The molecular weight excluding hydrogens is 845 g/mol. The summed E-state index contributed by atoms with van der Waals surface area (Å²) < 4.78 is 2.44. The van der Waals surface area contributed by atoms with Gasteiger partial charge in [-0.2, -0.15) is 0 Å². The lowest BCUT2D eigenvalue weighted by molar-refractivity contribution is 0.930. The van der Waals surface area contributed by atoms with Crippen LogP contribution in [0.1, 0.15) is 18.4 Å². The van der Waals surface area contributed by atoms with Gasteiger partial charge < -0.3 is 9.47 Å².